The average molecular weight is 284 g/mol. The van der Waals surface area contributed by atoms with Gasteiger partial charge in [0.25, 0.3) is 0 Å². The maximum Gasteiger partial charge on any atom is 0.227 e. The smallest absolute Gasteiger partial charge is 0.227 e. The second kappa shape index (κ2) is 6.12. The molecule has 0 spiro atoms. The van der Waals surface area contributed by atoms with Crippen molar-refractivity contribution in [2.45, 2.75) is 25.8 Å². The van der Waals surface area contributed by atoms with Crippen molar-refractivity contribution in [1.29, 1.82) is 0 Å². The van der Waals surface area contributed by atoms with Crippen LogP contribution >= 0.6 is 11.6 Å². The number of benzene rings is 1. The molecule has 2 rings (SSSR count). The molecule has 1 heterocycles. The van der Waals surface area contributed by atoms with E-state index in [0.29, 0.717) is 29.7 Å². The summed E-state index contributed by atoms with van der Waals surface area (Å²) in [6.45, 7) is 2.08. The van der Waals surface area contributed by atoms with Crippen molar-refractivity contribution in [3.05, 3.63) is 34.9 Å². The van der Waals surface area contributed by atoms with Crippen LogP contribution in [0.2, 0.25) is 5.02 Å². The van der Waals surface area contributed by atoms with Crippen LogP contribution in [0.5, 0.6) is 0 Å². The van der Waals surface area contributed by atoms with Crippen LogP contribution in [0.1, 0.15) is 19.2 Å². The molecule has 0 radical (unpaired) electrons. The van der Waals surface area contributed by atoms with E-state index in [1.165, 1.54) is 12.1 Å². The third-order valence-corrected chi connectivity index (χ3v) is 3.22. The van der Waals surface area contributed by atoms with E-state index in [1.807, 2.05) is 7.05 Å². The summed E-state index contributed by atoms with van der Waals surface area (Å²) < 4.78 is 18.2. The van der Waals surface area contributed by atoms with Gasteiger partial charge in [0.15, 0.2) is 0 Å². The Morgan fingerprint density at radius 1 is 1.47 bits per heavy atom. The molecule has 0 aliphatic carbocycles. The summed E-state index contributed by atoms with van der Waals surface area (Å²) in [6.07, 6.45) is 1.60. The Labute approximate surface area is 116 Å². The topological polar surface area (TPSA) is 51.0 Å². The van der Waals surface area contributed by atoms with Gasteiger partial charge in [0, 0.05) is 18.0 Å². The molecule has 19 heavy (non-hydrogen) atoms. The molecular formula is C13H15ClFN3O. The summed E-state index contributed by atoms with van der Waals surface area (Å²) in [5.74, 6) is 0.531. The summed E-state index contributed by atoms with van der Waals surface area (Å²) in [6, 6.07) is 4.74. The lowest BCUT2D eigenvalue weighted by atomic mass is 10.2. The molecule has 0 fully saturated rings. The quantitative estimate of drug-likeness (QED) is 0.916. The van der Waals surface area contributed by atoms with Gasteiger partial charge < -0.3 is 9.84 Å². The standard InChI is InChI=1S/C13H15ClFN3O/c1-8(16-2)3-6-12-17-13(18-19-12)9-4-5-11(15)10(14)7-9/h4-5,7-8,16H,3,6H2,1-2H3. The first-order valence-corrected chi connectivity index (χ1v) is 6.43. The number of rotatable bonds is 5. The summed E-state index contributed by atoms with van der Waals surface area (Å²) >= 11 is 5.72. The number of aromatic nitrogens is 2. The van der Waals surface area contributed by atoms with Gasteiger partial charge in [0.05, 0.1) is 5.02 Å². The third-order valence-electron chi connectivity index (χ3n) is 2.93. The van der Waals surface area contributed by atoms with Crippen molar-refractivity contribution in [3.8, 4) is 11.4 Å². The van der Waals surface area contributed by atoms with Gasteiger partial charge in [-0.15, -0.1) is 0 Å². The molecule has 2 aromatic rings. The fourth-order valence-corrected chi connectivity index (χ4v) is 1.77. The lowest BCUT2D eigenvalue weighted by Crippen LogP contribution is -2.21. The first kappa shape index (κ1) is 14.0. The first-order valence-electron chi connectivity index (χ1n) is 6.05. The van der Waals surface area contributed by atoms with E-state index in [1.54, 1.807) is 6.07 Å². The van der Waals surface area contributed by atoms with Gasteiger partial charge in [0.2, 0.25) is 11.7 Å². The monoisotopic (exact) mass is 283 g/mol. The second-order valence-electron chi connectivity index (χ2n) is 4.37. The molecular weight excluding hydrogens is 269 g/mol. The molecule has 1 aromatic carbocycles. The fraction of sp³-hybridized carbons (Fsp3) is 0.385. The maximum absolute atomic E-state index is 13.1. The van der Waals surface area contributed by atoms with E-state index < -0.39 is 5.82 Å². The van der Waals surface area contributed by atoms with Crippen LogP contribution in [0.25, 0.3) is 11.4 Å². The summed E-state index contributed by atoms with van der Waals surface area (Å²) in [5.41, 5.74) is 0.642. The van der Waals surface area contributed by atoms with Gasteiger partial charge in [-0.1, -0.05) is 16.8 Å². The lowest BCUT2D eigenvalue weighted by Gasteiger charge is -2.06. The predicted molar refractivity (Wildman–Crippen MR) is 71.5 cm³/mol. The highest BCUT2D eigenvalue weighted by Gasteiger charge is 2.11. The summed E-state index contributed by atoms with van der Waals surface area (Å²) in [7, 11) is 1.91. The van der Waals surface area contributed by atoms with Gasteiger partial charge in [-0.2, -0.15) is 4.98 Å². The highest BCUT2D eigenvalue weighted by atomic mass is 35.5. The molecule has 1 aromatic heterocycles. The molecule has 1 N–H and O–H groups in total. The molecule has 1 atom stereocenters. The minimum absolute atomic E-state index is 0.0488. The number of nitrogens with zero attached hydrogens (tertiary/aromatic N) is 2. The zero-order valence-electron chi connectivity index (χ0n) is 10.8. The minimum Gasteiger partial charge on any atom is -0.339 e. The molecule has 102 valence electrons. The Balaban J connectivity index is 2.09. The van der Waals surface area contributed by atoms with Crippen LogP contribution in [0.15, 0.2) is 22.7 Å². The lowest BCUT2D eigenvalue weighted by molar-refractivity contribution is 0.369. The van der Waals surface area contributed by atoms with Crippen molar-refractivity contribution in [3.63, 3.8) is 0 Å². The highest BCUT2D eigenvalue weighted by molar-refractivity contribution is 6.31. The van der Waals surface area contributed by atoms with Gasteiger partial charge in [-0.25, -0.2) is 4.39 Å². The van der Waals surface area contributed by atoms with Crippen molar-refractivity contribution in [1.82, 2.24) is 15.5 Å². The average Bonchev–Trinajstić information content (AvgIpc) is 2.88. The van der Waals surface area contributed by atoms with Gasteiger partial charge in [0.1, 0.15) is 5.82 Å². The van der Waals surface area contributed by atoms with E-state index in [4.69, 9.17) is 16.1 Å². The fourth-order valence-electron chi connectivity index (χ4n) is 1.59. The number of aryl methyl sites for hydroxylation is 1. The molecule has 0 saturated heterocycles. The molecule has 0 aliphatic heterocycles. The maximum atomic E-state index is 13.1. The van der Waals surface area contributed by atoms with E-state index in [2.05, 4.69) is 22.4 Å². The van der Waals surface area contributed by atoms with E-state index in [9.17, 15) is 4.39 Å². The first-order chi connectivity index (χ1) is 9.10. The normalized spacial score (nSPS) is 12.6. The van der Waals surface area contributed by atoms with Crippen LogP contribution in [0, 0.1) is 5.82 Å². The highest BCUT2D eigenvalue weighted by Crippen LogP contribution is 2.22. The Morgan fingerprint density at radius 2 is 2.26 bits per heavy atom. The molecule has 4 nitrogen and oxygen atoms in total. The second-order valence-corrected chi connectivity index (χ2v) is 4.78. The number of hydrogen-bond acceptors (Lipinski definition) is 4. The molecule has 0 saturated carbocycles. The largest absolute Gasteiger partial charge is 0.339 e. The summed E-state index contributed by atoms with van der Waals surface area (Å²) in [5, 5.41) is 7.06. The van der Waals surface area contributed by atoms with Crippen molar-refractivity contribution in [2.75, 3.05) is 7.05 Å². The Bertz CT molecular complexity index is 559. The predicted octanol–water partition coefficient (Wildman–Crippen LogP) is 3.07. The Morgan fingerprint density at radius 3 is 2.95 bits per heavy atom. The number of hydrogen-bond donors (Lipinski definition) is 1. The molecule has 6 heteroatoms. The van der Waals surface area contributed by atoms with E-state index >= 15 is 0 Å². The Kier molecular flexibility index (Phi) is 4.50. The minimum atomic E-state index is -0.461. The van der Waals surface area contributed by atoms with Crippen molar-refractivity contribution >= 4 is 11.6 Å². The summed E-state index contributed by atoms with van der Waals surface area (Å²) in [4.78, 5) is 4.27. The number of nitrogens with one attached hydrogen (secondary N) is 1. The zero-order chi connectivity index (χ0) is 13.8. The van der Waals surface area contributed by atoms with Crippen LogP contribution in [0.3, 0.4) is 0 Å². The van der Waals surface area contributed by atoms with Crippen molar-refractivity contribution < 1.29 is 8.91 Å². The zero-order valence-corrected chi connectivity index (χ0v) is 11.5. The van der Waals surface area contributed by atoms with Crippen LogP contribution < -0.4 is 5.32 Å². The van der Waals surface area contributed by atoms with Crippen LogP contribution in [-0.4, -0.2) is 23.2 Å². The van der Waals surface area contributed by atoms with Gasteiger partial charge >= 0.3 is 0 Å². The molecule has 0 bridgehead atoms. The van der Waals surface area contributed by atoms with Gasteiger partial charge in [-0.3, -0.25) is 0 Å². The molecule has 0 aliphatic rings. The van der Waals surface area contributed by atoms with Crippen molar-refractivity contribution in [2.24, 2.45) is 0 Å². The number of halogens is 2. The SMILES string of the molecule is CNC(C)CCc1nc(-c2ccc(F)c(Cl)c2)no1. The van der Waals surface area contributed by atoms with Crippen LogP contribution in [0.4, 0.5) is 4.39 Å². The van der Waals surface area contributed by atoms with E-state index in [-0.39, 0.29) is 5.02 Å². The van der Waals surface area contributed by atoms with E-state index in [0.717, 1.165) is 6.42 Å². The Hall–Kier alpha value is -1.46. The molecule has 1 unspecified atom stereocenters. The van der Waals surface area contributed by atoms with Gasteiger partial charge in [-0.05, 0) is 38.6 Å². The van der Waals surface area contributed by atoms with Crippen LogP contribution in [-0.2, 0) is 6.42 Å². The third kappa shape index (κ3) is 3.52. The molecule has 0 amide bonds.